The van der Waals surface area contributed by atoms with Gasteiger partial charge < -0.3 is 4.90 Å². The molecule has 1 fully saturated rings. The smallest absolute Gasteiger partial charge is 0.315 e. The number of carbonyl (C=O) groups is 1. The highest BCUT2D eigenvalue weighted by molar-refractivity contribution is 7.88. The van der Waals surface area contributed by atoms with Crippen molar-refractivity contribution >= 4 is 15.9 Å². The maximum absolute atomic E-state index is 12.0. The molecule has 1 aliphatic heterocycles. The summed E-state index contributed by atoms with van der Waals surface area (Å²) < 4.78 is 47.4. The summed E-state index contributed by atoms with van der Waals surface area (Å²) in [7, 11) is -3.29. The largest absolute Gasteiger partial charge is 0.335 e. The third-order valence-corrected chi connectivity index (χ3v) is 3.51. The summed E-state index contributed by atoms with van der Waals surface area (Å²) in [6, 6.07) is 0. The zero-order valence-electron chi connectivity index (χ0n) is 8.19. The number of carbonyl (C=O) groups excluding carboxylic acids is 1. The normalized spacial score (nSPS) is 19.6. The SMILES string of the molecule is CS(=O)(=O)N1CCN(C(=O)C(F)F)CC1. The molecule has 15 heavy (non-hydrogen) atoms. The summed E-state index contributed by atoms with van der Waals surface area (Å²) in [5, 5.41) is 0. The molecule has 0 aromatic heterocycles. The third-order valence-electron chi connectivity index (χ3n) is 2.21. The van der Waals surface area contributed by atoms with E-state index in [0.717, 1.165) is 11.2 Å². The Morgan fingerprint density at radius 3 is 2.00 bits per heavy atom. The number of amides is 1. The number of hydrogen-bond acceptors (Lipinski definition) is 3. The molecule has 0 radical (unpaired) electrons. The van der Waals surface area contributed by atoms with Crippen molar-refractivity contribution in [2.24, 2.45) is 0 Å². The second-order valence-electron chi connectivity index (χ2n) is 3.29. The Bertz CT molecular complexity index is 336. The van der Waals surface area contributed by atoms with E-state index in [-0.39, 0.29) is 26.2 Å². The molecular formula is C7H12F2N2O3S. The lowest BCUT2D eigenvalue weighted by Crippen LogP contribution is -2.51. The van der Waals surface area contributed by atoms with Gasteiger partial charge in [0.25, 0.3) is 5.91 Å². The molecule has 88 valence electrons. The predicted molar refractivity (Wildman–Crippen MR) is 49.0 cm³/mol. The van der Waals surface area contributed by atoms with Crippen LogP contribution in [0.5, 0.6) is 0 Å². The van der Waals surface area contributed by atoms with Gasteiger partial charge >= 0.3 is 6.43 Å². The summed E-state index contributed by atoms with van der Waals surface area (Å²) in [6.07, 6.45) is -1.97. The molecule has 0 aromatic rings. The highest BCUT2D eigenvalue weighted by Gasteiger charge is 2.29. The van der Waals surface area contributed by atoms with Crippen molar-refractivity contribution in [3.63, 3.8) is 0 Å². The first kappa shape index (κ1) is 12.3. The number of nitrogens with zero attached hydrogens (tertiary/aromatic N) is 2. The van der Waals surface area contributed by atoms with Gasteiger partial charge in [0, 0.05) is 26.2 Å². The maximum Gasteiger partial charge on any atom is 0.315 e. The number of rotatable bonds is 2. The van der Waals surface area contributed by atoms with Crippen molar-refractivity contribution in [1.82, 2.24) is 9.21 Å². The highest BCUT2D eigenvalue weighted by atomic mass is 32.2. The van der Waals surface area contributed by atoms with Gasteiger partial charge in [0.1, 0.15) is 0 Å². The minimum atomic E-state index is -3.29. The monoisotopic (exact) mass is 242 g/mol. The van der Waals surface area contributed by atoms with E-state index in [4.69, 9.17) is 0 Å². The summed E-state index contributed by atoms with van der Waals surface area (Å²) in [6.45, 7) is 0.209. The Hall–Kier alpha value is -0.760. The lowest BCUT2D eigenvalue weighted by Gasteiger charge is -2.32. The van der Waals surface area contributed by atoms with Gasteiger partial charge in [0.2, 0.25) is 10.0 Å². The Labute approximate surface area is 86.7 Å². The van der Waals surface area contributed by atoms with Gasteiger partial charge in [0.15, 0.2) is 0 Å². The summed E-state index contributed by atoms with van der Waals surface area (Å²) in [5.41, 5.74) is 0. The third kappa shape index (κ3) is 3.10. The molecule has 0 N–H and O–H groups in total. The molecule has 5 nitrogen and oxygen atoms in total. The van der Waals surface area contributed by atoms with Crippen LogP contribution in [-0.2, 0) is 14.8 Å². The van der Waals surface area contributed by atoms with Gasteiger partial charge in [-0.3, -0.25) is 4.79 Å². The molecule has 1 heterocycles. The van der Waals surface area contributed by atoms with Crippen LogP contribution in [0.25, 0.3) is 0 Å². The molecule has 0 atom stereocenters. The first-order valence-corrected chi connectivity index (χ1v) is 6.19. The van der Waals surface area contributed by atoms with Crippen LogP contribution in [0.4, 0.5) is 8.78 Å². The van der Waals surface area contributed by atoms with Crippen LogP contribution in [0, 0.1) is 0 Å². The highest BCUT2D eigenvalue weighted by Crippen LogP contribution is 2.08. The van der Waals surface area contributed by atoms with E-state index in [9.17, 15) is 22.0 Å². The molecule has 0 saturated carbocycles. The van der Waals surface area contributed by atoms with Gasteiger partial charge in [0.05, 0.1) is 6.26 Å². The van der Waals surface area contributed by atoms with Gasteiger partial charge in [-0.1, -0.05) is 0 Å². The molecule has 1 rings (SSSR count). The summed E-state index contributed by atoms with van der Waals surface area (Å²) >= 11 is 0. The van der Waals surface area contributed by atoms with Crippen LogP contribution >= 0.6 is 0 Å². The van der Waals surface area contributed by atoms with Crippen LogP contribution in [0.3, 0.4) is 0 Å². The van der Waals surface area contributed by atoms with Gasteiger partial charge in [-0.25, -0.2) is 8.42 Å². The molecule has 1 saturated heterocycles. The van der Waals surface area contributed by atoms with Gasteiger partial charge in [-0.05, 0) is 0 Å². The van der Waals surface area contributed by atoms with E-state index in [0.29, 0.717) is 0 Å². The van der Waals surface area contributed by atoms with Crippen molar-refractivity contribution in [2.45, 2.75) is 6.43 Å². The van der Waals surface area contributed by atoms with E-state index < -0.39 is 22.4 Å². The van der Waals surface area contributed by atoms with Crippen LogP contribution in [-0.4, -0.2) is 62.4 Å². The maximum atomic E-state index is 12.0. The van der Waals surface area contributed by atoms with Crippen molar-refractivity contribution in [3.8, 4) is 0 Å². The topological polar surface area (TPSA) is 57.7 Å². The summed E-state index contributed by atoms with van der Waals surface area (Å²) in [4.78, 5) is 11.8. The fourth-order valence-corrected chi connectivity index (χ4v) is 2.20. The van der Waals surface area contributed by atoms with E-state index in [1.54, 1.807) is 0 Å². The average molecular weight is 242 g/mol. The number of halogens is 2. The number of piperazine rings is 1. The molecule has 0 unspecified atom stereocenters. The molecule has 0 bridgehead atoms. The first-order chi connectivity index (χ1) is 6.82. The summed E-state index contributed by atoms with van der Waals surface area (Å²) in [5.74, 6) is -1.23. The average Bonchev–Trinajstić information content (AvgIpc) is 2.15. The minimum absolute atomic E-state index is 0.0241. The van der Waals surface area contributed by atoms with Gasteiger partial charge in [-0.2, -0.15) is 13.1 Å². The van der Waals surface area contributed by atoms with E-state index in [2.05, 4.69) is 0 Å². The van der Waals surface area contributed by atoms with Crippen LogP contribution < -0.4 is 0 Å². The molecule has 8 heteroatoms. The standard InChI is InChI=1S/C7H12F2N2O3S/c1-15(13,14)11-4-2-10(3-5-11)7(12)6(8)9/h6H,2-5H2,1H3. The van der Waals surface area contributed by atoms with Gasteiger partial charge in [-0.15, -0.1) is 0 Å². The lowest BCUT2D eigenvalue weighted by atomic mass is 10.3. The minimum Gasteiger partial charge on any atom is -0.335 e. The Morgan fingerprint density at radius 1 is 1.20 bits per heavy atom. The lowest BCUT2D eigenvalue weighted by molar-refractivity contribution is -0.144. The van der Waals surface area contributed by atoms with Crippen LogP contribution in [0.1, 0.15) is 0 Å². The fraction of sp³-hybridized carbons (Fsp3) is 0.857. The Morgan fingerprint density at radius 2 is 1.67 bits per heavy atom. The zero-order chi connectivity index (χ0) is 11.6. The second kappa shape index (κ2) is 4.40. The predicted octanol–water partition coefficient (Wildman–Crippen LogP) is -0.645. The molecule has 1 aliphatic rings. The van der Waals surface area contributed by atoms with E-state index in [1.807, 2.05) is 0 Å². The van der Waals surface area contributed by atoms with Crippen molar-refractivity contribution < 1.29 is 22.0 Å². The molecule has 0 aromatic carbocycles. The molecule has 1 amide bonds. The number of sulfonamides is 1. The molecular weight excluding hydrogens is 230 g/mol. The van der Waals surface area contributed by atoms with Crippen LogP contribution in [0.2, 0.25) is 0 Å². The Kier molecular flexibility index (Phi) is 3.61. The fourth-order valence-electron chi connectivity index (χ4n) is 1.38. The Balaban J connectivity index is 2.53. The first-order valence-electron chi connectivity index (χ1n) is 4.34. The van der Waals surface area contributed by atoms with Crippen molar-refractivity contribution in [1.29, 1.82) is 0 Å². The van der Waals surface area contributed by atoms with Crippen LogP contribution in [0.15, 0.2) is 0 Å². The number of alkyl halides is 2. The van der Waals surface area contributed by atoms with E-state index in [1.165, 1.54) is 4.31 Å². The second-order valence-corrected chi connectivity index (χ2v) is 5.27. The van der Waals surface area contributed by atoms with Crippen molar-refractivity contribution in [2.75, 3.05) is 32.4 Å². The molecule has 0 spiro atoms. The quantitative estimate of drug-likeness (QED) is 0.647. The van der Waals surface area contributed by atoms with E-state index >= 15 is 0 Å². The molecule has 0 aliphatic carbocycles. The van der Waals surface area contributed by atoms with Crippen molar-refractivity contribution in [3.05, 3.63) is 0 Å². The zero-order valence-corrected chi connectivity index (χ0v) is 9.01. The number of hydrogen-bond donors (Lipinski definition) is 0.